The molecule has 2 aliphatic heterocycles. The van der Waals surface area contributed by atoms with Crippen LogP contribution < -0.4 is 16.0 Å². The number of carbonyl (C=O) groups is 1. The Morgan fingerprint density at radius 3 is 2.83 bits per heavy atom. The number of benzene rings is 1. The highest BCUT2D eigenvalue weighted by molar-refractivity contribution is 5.90. The van der Waals surface area contributed by atoms with Gasteiger partial charge in [0, 0.05) is 24.2 Å². The summed E-state index contributed by atoms with van der Waals surface area (Å²) >= 11 is 0. The molecule has 1 aromatic rings. The Kier molecular flexibility index (Phi) is 2.63. The van der Waals surface area contributed by atoms with Crippen LogP contribution in [0.2, 0.25) is 0 Å². The first-order chi connectivity index (χ1) is 8.69. The molecule has 1 aromatic carbocycles. The predicted octanol–water partition coefficient (Wildman–Crippen LogP) is 1.35. The molecular formula is C13H17N3O2. The average molecular weight is 247 g/mol. The standard InChI is InChI=1S/C13H17N3O2/c14-10-2-1-3-11(8-10)16-9-13(18-12(16)17)4-6-15-7-5-13/h1-3,8,15H,4-7,9,14H2. The molecule has 0 saturated carbocycles. The molecule has 0 aliphatic carbocycles. The topological polar surface area (TPSA) is 67.6 Å². The Morgan fingerprint density at radius 2 is 2.11 bits per heavy atom. The molecule has 5 heteroatoms. The van der Waals surface area contributed by atoms with Crippen molar-refractivity contribution in [1.29, 1.82) is 0 Å². The van der Waals surface area contributed by atoms with Crippen molar-refractivity contribution in [2.24, 2.45) is 0 Å². The zero-order valence-electron chi connectivity index (χ0n) is 10.2. The summed E-state index contributed by atoms with van der Waals surface area (Å²) in [4.78, 5) is 13.7. The van der Waals surface area contributed by atoms with Crippen molar-refractivity contribution in [3.63, 3.8) is 0 Å². The number of nitrogen functional groups attached to an aromatic ring is 1. The van der Waals surface area contributed by atoms with Gasteiger partial charge in [0.15, 0.2) is 0 Å². The van der Waals surface area contributed by atoms with E-state index in [1.54, 1.807) is 11.0 Å². The second-order valence-corrected chi connectivity index (χ2v) is 4.98. The number of nitrogens with two attached hydrogens (primary N) is 1. The number of nitrogens with zero attached hydrogens (tertiary/aromatic N) is 1. The highest BCUT2D eigenvalue weighted by atomic mass is 16.6. The van der Waals surface area contributed by atoms with Gasteiger partial charge in [0.25, 0.3) is 0 Å². The maximum atomic E-state index is 12.0. The minimum Gasteiger partial charge on any atom is -0.441 e. The van der Waals surface area contributed by atoms with E-state index < -0.39 is 0 Å². The van der Waals surface area contributed by atoms with Crippen molar-refractivity contribution in [2.45, 2.75) is 18.4 Å². The monoisotopic (exact) mass is 247 g/mol. The Bertz CT molecular complexity index is 469. The third-order valence-corrected chi connectivity index (χ3v) is 3.67. The van der Waals surface area contributed by atoms with Gasteiger partial charge < -0.3 is 15.8 Å². The third-order valence-electron chi connectivity index (χ3n) is 3.67. The first-order valence-electron chi connectivity index (χ1n) is 6.25. The zero-order valence-corrected chi connectivity index (χ0v) is 10.2. The van der Waals surface area contributed by atoms with E-state index in [1.165, 1.54) is 0 Å². The van der Waals surface area contributed by atoms with Crippen LogP contribution >= 0.6 is 0 Å². The van der Waals surface area contributed by atoms with Gasteiger partial charge in [0.05, 0.1) is 6.54 Å². The highest BCUT2D eigenvalue weighted by Gasteiger charge is 2.46. The smallest absolute Gasteiger partial charge is 0.415 e. The van der Waals surface area contributed by atoms with E-state index in [0.717, 1.165) is 31.6 Å². The maximum absolute atomic E-state index is 12.0. The molecule has 2 heterocycles. The van der Waals surface area contributed by atoms with Crippen molar-refractivity contribution in [3.05, 3.63) is 24.3 Å². The largest absolute Gasteiger partial charge is 0.441 e. The van der Waals surface area contributed by atoms with Crippen LogP contribution in [0.5, 0.6) is 0 Å². The number of nitrogens with one attached hydrogen (secondary N) is 1. The number of hydrogen-bond acceptors (Lipinski definition) is 4. The van der Waals surface area contributed by atoms with Gasteiger partial charge in [-0.2, -0.15) is 0 Å². The van der Waals surface area contributed by atoms with Gasteiger partial charge in [-0.05, 0) is 31.3 Å². The molecule has 1 spiro atoms. The summed E-state index contributed by atoms with van der Waals surface area (Å²) in [7, 11) is 0. The van der Waals surface area contributed by atoms with Gasteiger partial charge in [-0.25, -0.2) is 4.79 Å². The van der Waals surface area contributed by atoms with E-state index in [-0.39, 0.29) is 11.7 Å². The molecule has 3 rings (SSSR count). The number of hydrogen-bond donors (Lipinski definition) is 2. The summed E-state index contributed by atoms with van der Waals surface area (Å²) in [5.74, 6) is 0. The number of amides is 1. The molecule has 2 fully saturated rings. The average Bonchev–Trinajstić information content (AvgIpc) is 2.67. The third kappa shape index (κ3) is 1.90. The minimum atomic E-state index is -0.313. The molecule has 5 nitrogen and oxygen atoms in total. The Hall–Kier alpha value is -1.75. The minimum absolute atomic E-state index is 0.262. The van der Waals surface area contributed by atoms with Crippen molar-refractivity contribution in [2.75, 3.05) is 30.3 Å². The molecule has 0 aromatic heterocycles. The van der Waals surface area contributed by atoms with Crippen LogP contribution in [0.1, 0.15) is 12.8 Å². The van der Waals surface area contributed by atoms with Crippen LogP contribution in [-0.4, -0.2) is 31.3 Å². The molecule has 0 radical (unpaired) electrons. The number of piperidine rings is 1. The van der Waals surface area contributed by atoms with Gasteiger partial charge in [-0.3, -0.25) is 4.90 Å². The fourth-order valence-corrected chi connectivity index (χ4v) is 2.66. The predicted molar refractivity (Wildman–Crippen MR) is 69.5 cm³/mol. The van der Waals surface area contributed by atoms with Gasteiger partial charge in [0.1, 0.15) is 5.60 Å². The van der Waals surface area contributed by atoms with Crippen molar-refractivity contribution in [1.82, 2.24) is 5.32 Å². The molecule has 0 atom stereocenters. The van der Waals surface area contributed by atoms with Crippen LogP contribution in [0.3, 0.4) is 0 Å². The Balaban J connectivity index is 1.84. The molecular weight excluding hydrogens is 230 g/mol. The van der Waals surface area contributed by atoms with Crippen LogP contribution in [0, 0.1) is 0 Å². The summed E-state index contributed by atoms with van der Waals surface area (Å²) in [6, 6.07) is 7.36. The van der Waals surface area contributed by atoms with Gasteiger partial charge >= 0.3 is 6.09 Å². The number of rotatable bonds is 1. The van der Waals surface area contributed by atoms with Gasteiger partial charge in [-0.1, -0.05) is 6.07 Å². The van der Waals surface area contributed by atoms with E-state index >= 15 is 0 Å². The van der Waals surface area contributed by atoms with Crippen molar-refractivity contribution in [3.8, 4) is 0 Å². The van der Waals surface area contributed by atoms with Crippen molar-refractivity contribution >= 4 is 17.5 Å². The second kappa shape index (κ2) is 4.17. The molecule has 0 bridgehead atoms. The summed E-state index contributed by atoms with van der Waals surface area (Å²) in [5, 5.41) is 3.28. The summed E-state index contributed by atoms with van der Waals surface area (Å²) in [6.45, 7) is 2.42. The first kappa shape index (κ1) is 11.3. The zero-order chi connectivity index (χ0) is 12.6. The summed E-state index contributed by atoms with van der Waals surface area (Å²) in [5.41, 5.74) is 6.91. The Morgan fingerprint density at radius 1 is 1.33 bits per heavy atom. The van der Waals surface area contributed by atoms with Gasteiger partial charge in [0.2, 0.25) is 0 Å². The fourth-order valence-electron chi connectivity index (χ4n) is 2.66. The molecule has 0 unspecified atom stereocenters. The van der Waals surface area contributed by atoms with E-state index in [1.807, 2.05) is 18.2 Å². The first-order valence-corrected chi connectivity index (χ1v) is 6.25. The lowest BCUT2D eigenvalue weighted by Gasteiger charge is -2.31. The second-order valence-electron chi connectivity index (χ2n) is 4.98. The number of carbonyl (C=O) groups excluding carboxylic acids is 1. The molecule has 2 saturated heterocycles. The SMILES string of the molecule is Nc1cccc(N2CC3(CCNCC3)OC2=O)c1. The van der Waals surface area contributed by atoms with E-state index in [9.17, 15) is 4.79 Å². The lowest BCUT2D eigenvalue weighted by atomic mass is 9.92. The van der Waals surface area contributed by atoms with Crippen LogP contribution in [-0.2, 0) is 4.74 Å². The lowest BCUT2D eigenvalue weighted by Crippen LogP contribution is -2.44. The maximum Gasteiger partial charge on any atom is 0.415 e. The van der Waals surface area contributed by atoms with Crippen LogP contribution in [0.4, 0.5) is 16.2 Å². The molecule has 96 valence electrons. The molecule has 18 heavy (non-hydrogen) atoms. The lowest BCUT2D eigenvalue weighted by molar-refractivity contribution is 0.0316. The summed E-state index contributed by atoms with van der Waals surface area (Å²) < 4.78 is 5.60. The molecule has 1 amide bonds. The van der Waals surface area contributed by atoms with Crippen LogP contribution in [0.25, 0.3) is 0 Å². The molecule has 2 aliphatic rings. The number of ether oxygens (including phenoxy) is 1. The van der Waals surface area contributed by atoms with Crippen molar-refractivity contribution < 1.29 is 9.53 Å². The highest BCUT2D eigenvalue weighted by Crippen LogP contribution is 2.34. The van der Waals surface area contributed by atoms with Gasteiger partial charge in [-0.15, -0.1) is 0 Å². The van der Waals surface area contributed by atoms with E-state index in [0.29, 0.717) is 12.2 Å². The normalized spacial score (nSPS) is 22.2. The van der Waals surface area contributed by atoms with E-state index in [4.69, 9.17) is 10.5 Å². The summed E-state index contributed by atoms with van der Waals surface area (Å²) in [6.07, 6.45) is 1.48. The number of anilines is 2. The quantitative estimate of drug-likeness (QED) is 0.735. The molecule has 3 N–H and O–H groups in total. The fraction of sp³-hybridized carbons (Fsp3) is 0.462. The van der Waals surface area contributed by atoms with E-state index in [2.05, 4.69) is 5.32 Å². The Labute approximate surface area is 106 Å². The van der Waals surface area contributed by atoms with Crippen LogP contribution in [0.15, 0.2) is 24.3 Å².